The summed E-state index contributed by atoms with van der Waals surface area (Å²) in [5.41, 5.74) is 0.769. The zero-order valence-corrected chi connectivity index (χ0v) is 11.9. The highest BCUT2D eigenvalue weighted by atomic mass is 19.1. The minimum Gasteiger partial charge on any atom is -0.494 e. The van der Waals surface area contributed by atoms with Gasteiger partial charge < -0.3 is 9.64 Å². The molecule has 1 amide bonds. The van der Waals surface area contributed by atoms with Crippen LogP contribution in [0.2, 0.25) is 0 Å². The summed E-state index contributed by atoms with van der Waals surface area (Å²) < 4.78 is 18.5. The molecule has 0 bridgehead atoms. The summed E-state index contributed by atoms with van der Waals surface area (Å²) >= 11 is 0. The van der Waals surface area contributed by atoms with Gasteiger partial charge in [-0.1, -0.05) is 18.2 Å². The van der Waals surface area contributed by atoms with Crippen molar-refractivity contribution in [2.45, 2.75) is 25.8 Å². The van der Waals surface area contributed by atoms with Crippen LogP contribution in [0.5, 0.6) is 5.75 Å². The Bertz CT molecular complexity index is 513. The number of halogens is 1. The van der Waals surface area contributed by atoms with Crippen molar-refractivity contribution < 1.29 is 13.9 Å². The molecule has 0 fully saturated rings. The third-order valence-electron chi connectivity index (χ3n) is 3.63. The van der Waals surface area contributed by atoms with Crippen LogP contribution in [-0.2, 0) is 11.3 Å². The molecule has 1 aromatic carbocycles. The van der Waals surface area contributed by atoms with Crippen molar-refractivity contribution in [1.29, 1.82) is 0 Å². The maximum absolute atomic E-state index is 13.6. The van der Waals surface area contributed by atoms with Crippen LogP contribution in [0.4, 0.5) is 4.39 Å². The van der Waals surface area contributed by atoms with Gasteiger partial charge in [-0.2, -0.15) is 0 Å². The highest BCUT2D eigenvalue weighted by molar-refractivity contribution is 5.78. The van der Waals surface area contributed by atoms with Crippen LogP contribution >= 0.6 is 0 Å². The third kappa shape index (κ3) is 3.38. The molecular weight excluding hydrogens is 257 g/mol. The first-order valence-electron chi connectivity index (χ1n) is 6.84. The molecule has 1 unspecified atom stereocenters. The zero-order valence-electron chi connectivity index (χ0n) is 11.9. The molecule has 108 valence electrons. The van der Waals surface area contributed by atoms with E-state index in [1.165, 1.54) is 13.2 Å². The Hall–Kier alpha value is -1.84. The van der Waals surface area contributed by atoms with E-state index in [0.717, 1.165) is 24.8 Å². The van der Waals surface area contributed by atoms with Crippen LogP contribution in [-0.4, -0.2) is 25.0 Å². The molecule has 0 saturated heterocycles. The maximum Gasteiger partial charge on any atom is 0.226 e. The normalized spacial score (nSPS) is 17.9. The van der Waals surface area contributed by atoms with Crippen LogP contribution in [0, 0.1) is 11.7 Å². The predicted molar refractivity (Wildman–Crippen MR) is 75.9 cm³/mol. The molecule has 3 nitrogen and oxygen atoms in total. The van der Waals surface area contributed by atoms with Crippen LogP contribution in [0.1, 0.15) is 24.8 Å². The van der Waals surface area contributed by atoms with E-state index in [4.69, 9.17) is 4.74 Å². The van der Waals surface area contributed by atoms with Gasteiger partial charge in [0.05, 0.1) is 7.11 Å². The number of hydrogen-bond donors (Lipinski definition) is 0. The van der Waals surface area contributed by atoms with Crippen molar-refractivity contribution in [2.75, 3.05) is 14.2 Å². The summed E-state index contributed by atoms with van der Waals surface area (Å²) in [4.78, 5) is 14.0. The van der Waals surface area contributed by atoms with E-state index in [-0.39, 0.29) is 17.6 Å². The zero-order chi connectivity index (χ0) is 14.5. The van der Waals surface area contributed by atoms with Crippen molar-refractivity contribution in [3.63, 3.8) is 0 Å². The van der Waals surface area contributed by atoms with Crippen LogP contribution in [0.25, 0.3) is 0 Å². The topological polar surface area (TPSA) is 29.5 Å². The van der Waals surface area contributed by atoms with Gasteiger partial charge in [-0.3, -0.25) is 4.79 Å². The van der Waals surface area contributed by atoms with Crippen molar-refractivity contribution >= 4 is 5.91 Å². The number of benzene rings is 1. The van der Waals surface area contributed by atoms with Gasteiger partial charge in [0.2, 0.25) is 5.91 Å². The molecule has 1 aliphatic carbocycles. The Morgan fingerprint density at radius 2 is 2.25 bits per heavy atom. The number of hydrogen-bond acceptors (Lipinski definition) is 2. The van der Waals surface area contributed by atoms with Gasteiger partial charge in [0, 0.05) is 19.5 Å². The second kappa shape index (κ2) is 6.55. The van der Waals surface area contributed by atoms with Gasteiger partial charge >= 0.3 is 0 Å². The second-order valence-electron chi connectivity index (χ2n) is 5.14. The summed E-state index contributed by atoms with van der Waals surface area (Å²) in [7, 11) is 3.20. The highest BCUT2D eigenvalue weighted by Crippen LogP contribution is 2.22. The smallest absolute Gasteiger partial charge is 0.226 e. The number of methoxy groups -OCH3 is 1. The fraction of sp³-hybridized carbons (Fsp3) is 0.438. The van der Waals surface area contributed by atoms with Crippen molar-refractivity contribution in [1.82, 2.24) is 4.90 Å². The van der Waals surface area contributed by atoms with Crippen molar-refractivity contribution in [2.24, 2.45) is 5.92 Å². The molecule has 1 aliphatic rings. The monoisotopic (exact) mass is 277 g/mol. The summed E-state index contributed by atoms with van der Waals surface area (Å²) in [6, 6.07) is 4.79. The molecular formula is C16H20FNO2. The van der Waals surface area contributed by atoms with Crippen LogP contribution < -0.4 is 4.74 Å². The molecule has 2 rings (SSSR count). The highest BCUT2D eigenvalue weighted by Gasteiger charge is 2.22. The van der Waals surface area contributed by atoms with E-state index in [1.54, 1.807) is 24.1 Å². The number of nitrogens with zero attached hydrogens (tertiary/aromatic N) is 1. The Morgan fingerprint density at radius 1 is 1.45 bits per heavy atom. The van der Waals surface area contributed by atoms with E-state index in [2.05, 4.69) is 12.2 Å². The predicted octanol–water partition coefficient (Wildman–Crippen LogP) is 3.15. The average Bonchev–Trinajstić information content (AvgIpc) is 2.47. The lowest BCUT2D eigenvalue weighted by Gasteiger charge is -2.24. The van der Waals surface area contributed by atoms with E-state index in [1.807, 2.05) is 0 Å². The molecule has 0 spiro atoms. The SMILES string of the molecule is COc1ccc(CN(C)C(=O)C2CC=CCC2)cc1F. The lowest BCUT2D eigenvalue weighted by Crippen LogP contribution is -2.32. The Kier molecular flexibility index (Phi) is 4.77. The average molecular weight is 277 g/mol. The molecule has 0 aliphatic heterocycles. The van der Waals surface area contributed by atoms with E-state index < -0.39 is 5.82 Å². The van der Waals surface area contributed by atoms with E-state index in [0.29, 0.717) is 6.54 Å². The molecule has 0 heterocycles. The summed E-state index contributed by atoms with van der Waals surface area (Å²) in [6.45, 7) is 0.417. The molecule has 0 N–H and O–H groups in total. The van der Waals surface area contributed by atoms with Crippen LogP contribution in [0.15, 0.2) is 30.4 Å². The summed E-state index contributed by atoms with van der Waals surface area (Å²) in [5.74, 6) is 0.0188. The maximum atomic E-state index is 13.6. The van der Waals surface area contributed by atoms with Gasteiger partial charge in [0.1, 0.15) is 0 Å². The molecule has 0 aromatic heterocycles. The number of allylic oxidation sites excluding steroid dienone is 2. The largest absolute Gasteiger partial charge is 0.494 e. The van der Waals surface area contributed by atoms with E-state index >= 15 is 0 Å². The van der Waals surface area contributed by atoms with Gasteiger partial charge in [0.25, 0.3) is 0 Å². The van der Waals surface area contributed by atoms with Gasteiger partial charge in [-0.15, -0.1) is 0 Å². The fourth-order valence-electron chi connectivity index (χ4n) is 2.49. The summed E-state index contributed by atoms with van der Waals surface area (Å²) in [5, 5.41) is 0. The van der Waals surface area contributed by atoms with Gasteiger partial charge in [0.15, 0.2) is 11.6 Å². The minimum atomic E-state index is -0.397. The van der Waals surface area contributed by atoms with Gasteiger partial charge in [-0.05, 0) is 37.0 Å². The first-order chi connectivity index (χ1) is 9.61. The quantitative estimate of drug-likeness (QED) is 0.791. The third-order valence-corrected chi connectivity index (χ3v) is 3.63. The Balaban J connectivity index is 2.00. The fourth-order valence-corrected chi connectivity index (χ4v) is 2.49. The van der Waals surface area contributed by atoms with Gasteiger partial charge in [-0.25, -0.2) is 4.39 Å². The molecule has 1 atom stereocenters. The number of carbonyl (C=O) groups excluding carboxylic acids is 1. The van der Waals surface area contributed by atoms with Crippen molar-refractivity contribution in [3.8, 4) is 5.75 Å². The molecule has 1 aromatic rings. The lowest BCUT2D eigenvalue weighted by molar-refractivity contribution is -0.135. The molecule has 0 radical (unpaired) electrons. The lowest BCUT2D eigenvalue weighted by atomic mass is 9.93. The molecule has 4 heteroatoms. The number of ether oxygens (including phenoxy) is 1. The standard InChI is InChI=1S/C16H20FNO2/c1-18(16(19)13-6-4-3-5-7-13)11-12-8-9-15(20-2)14(17)10-12/h3-4,8-10,13H,5-7,11H2,1-2H3. The Morgan fingerprint density at radius 3 is 2.85 bits per heavy atom. The number of carbonyl (C=O) groups is 1. The van der Waals surface area contributed by atoms with Crippen molar-refractivity contribution in [3.05, 3.63) is 41.7 Å². The minimum absolute atomic E-state index is 0.0631. The number of rotatable bonds is 4. The molecule has 20 heavy (non-hydrogen) atoms. The number of amides is 1. The van der Waals surface area contributed by atoms with Crippen LogP contribution in [0.3, 0.4) is 0 Å². The summed E-state index contributed by atoms with van der Waals surface area (Å²) in [6.07, 6.45) is 6.84. The first-order valence-corrected chi connectivity index (χ1v) is 6.84. The first kappa shape index (κ1) is 14.6. The molecule has 0 saturated carbocycles. The Labute approximate surface area is 119 Å². The van der Waals surface area contributed by atoms with E-state index in [9.17, 15) is 9.18 Å². The second-order valence-corrected chi connectivity index (χ2v) is 5.14.